The number of aliphatic imine (C=N–C) groups is 1. The van der Waals surface area contributed by atoms with Crippen molar-refractivity contribution in [3.8, 4) is 5.75 Å². The lowest BCUT2D eigenvalue weighted by atomic mass is 10.2. The number of rotatable bonds is 4. The highest BCUT2D eigenvalue weighted by atomic mass is 19.1. The molecule has 1 fully saturated rings. The van der Waals surface area contributed by atoms with E-state index in [1.165, 1.54) is 25.3 Å². The molecule has 5 nitrogen and oxygen atoms in total. The third-order valence-electron chi connectivity index (χ3n) is 4.65. The van der Waals surface area contributed by atoms with Crippen LogP contribution < -0.4 is 15.0 Å². The minimum Gasteiger partial charge on any atom is -0.494 e. The maximum Gasteiger partial charge on any atom is 0.194 e. The van der Waals surface area contributed by atoms with Gasteiger partial charge in [0.2, 0.25) is 0 Å². The summed E-state index contributed by atoms with van der Waals surface area (Å²) in [5.74, 6) is 0.418. The number of piperazine rings is 1. The topological polar surface area (TPSA) is 40.1 Å². The zero-order valence-electron chi connectivity index (χ0n) is 15.6. The average Bonchev–Trinajstić information content (AvgIpc) is 2.70. The number of methoxy groups -OCH3 is 1. The van der Waals surface area contributed by atoms with Crippen LogP contribution in [0.3, 0.4) is 0 Å². The van der Waals surface area contributed by atoms with Gasteiger partial charge < -0.3 is 19.9 Å². The maximum atomic E-state index is 13.8. The van der Waals surface area contributed by atoms with E-state index in [9.17, 15) is 8.78 Å². The molecule has 0 saturated carbocycles. The fourth-order valence-corrected chi connectivity index (χ4v) is 3.16. The number of guanidine groups is 1. The average molecular weight is 374 g/mol. The molecular formula is C20H24F2N4O. The van der Waals surface area contributed by atoms with Gasteiger partial charge in [-0.2, -0.15) is 0 Å². The summed E-state index contributed by atoms with van der Waals surface area (Å²) in [7, 11) is 3.19. The zero-order valence-corrected chi connectivity index (χ0v) is 15.6. The van der Waals surface area contributed by atoms with Gasteiger partial charge in [-0.1, -0.05) is 6.07 Å². The number of nitrogens with one attached hydrogen (secondary N) is 1. The van der Waals surface area contributed by atoms with Crippen molar-refractivity contribution >= 4 is 11.6 Å². The highest BCUT2D eigenvalue weighted by Crippen LogP contribution is 2.18. The number of benzene rings is 2. The molecule has 0 aromatic heterocycles. The molecule has 2 aromatic carbocycles. The third-order valence-corrected chi connectivity index (χ3v) is 4.65. The third kappa shape index (κ3) is 4.67. The molecule has 0 atom stereocenters. The number of halogens is 2. The second-order valence-corrected chi connectivity index (χ2v) is 6.32. The van der Waals surface area contributed by atoms with Crippen molar-refractivity contribution in [2.24, 2.45) is 4.99 Å². The van der Waals surface area contributed by atoms with E-state index in [1.54, 1.807) is 25.2 Å². The van der Waals surface area contributed by atoms with Gasteiger partial charge in [-0.3, -0.25) is 4.99 Å². The lowest BCUT2D eigenvalue weighted by Gasteiger charge is -2.37. The first-order chi connectivity index (χ1) is 13.1. The van der Waals surface area contributed by atoms with E-state index in [4.69, 9.17) is 4.74 Å². The number of anilines is 1. The number of hydrogen-bond donors (Lipinski definition) is 1. The molecule has 1 aliphatic rings. The maximum absolute atomic E-state index is 13.8. The van der Waals surface area contributed by atoms with E-state index in [0.717, 1.165) is 43.4 Å². The van der Waals surface area contributed by atoms with Crippen LogP contribution in [0.15, 0.2) is 47.5 Å². The van der Waals surface area contributed by atoms with Crippen molar-refractivity contribution in [1.82, 2.24) is 10.2 Å². The number of ether oxygens (including phenoxy) is 1. The molecule has 2 aromatic rings. The summed E-state index contributed by atoms with van der Waals surface area (Å²) < 4.78 is 31.8. The lowest BCUT2D eigenvalue weighted by molar-refractivity contribution is 0.372. The molecular weight excluding hydrogens is 350 g/mol. The fourth-order valence-electron chi connectivity index (χ4n) is 3.16. The Balaban J connectivity index is 1.54. The van der Waals surface area contributed by atoms with Crippen molar-refractivity contribution in [3.05, 3.63) is 59.7 Å². The predicted octanol–water partition coefficient (Wildman–Crippen LogP) is 2.87. The second kappa shape index (κ2) is 8.70. The molecule has 1 aliphatic heterocycles. The van der Waals surface area contributed by atoms with Gasteiger partial charge in [-0.15, -0.1) is 0 Å². The van der Waals surface area contributed by atoms with Gasteiger partial charge in [-0.25, -0.2) is 8.78 Å². The Hall–Kier alpha value is -2.83. The van der Waals surface area contributed by atoms with Gasteiger partial charge in [0.25, 0.3) is 0 Å². The van der Waals surface area contributed by atoms with E-state index in [1.807, 2.05) is 6.07 Å². The van der Waals surface area contributed by atoms with Crippen molar-refractivity contribution in [2.75, 3.05) is 45.2 Å². The van der Waals surface area contributed by atoms with E-state index < -0.39 is 0 Å². The largest absolute Gasteiger partial charge is 0.494 e. The normalized spacial score (nSPS) is 15.0. The Labute approximate surface area is 158 Å². The highest BCUT2D eigenvalue weighted by Gasteiger charge is 2.20. The van der Waals surface area contributed by atoms with Gasteiger partial charge in [-0.05, 0) is 42.0 Å². The Morgan fingerprint density at radius 2 is 1.78 bits per heavy atom. The molecule has 1 saturated heterocycles. The summed E-state index contributed by atoms with van der Waals surface area (Å²) in [6.07, 6.45) is 0. The number of hydrogen-bond acceptors (Lipinski definition) is 3. The summed E-state index contributed by atoms with van der Waals surface area (Å²) in [5.41, 5.74) is 1.84. The Morgan fingerprint density at radius 1 is 1.07 bits per heavy atom. The van der Waals surface area contributed by atoms with Gasteiger partial charge >= 0.3 is 0 Å². The predicted molar refractivity (Wildman–Crippen MR) is 103 cm³/mol. The molecule has 27 heavy (non-hydrogen) atoms. The van der Waals surface area contributed by atoms with Gasteiger partial charge in [0.15, 0.2) is 17.5 Å². The van der Waals surface area contributed by atoms with Crippen LogP contribution in [0.2, 0.25) is 0 Å². The van der Waals surface area contributed by atoms with Crippen molar-refractivity contribution in [2.45, 2.75) is 6.54 Å². The fraction of sp³-hybridized carbons (Fsp3) is 0.350. The summed E-state index contributed by atoms with van der Waals surface area (Å²) in [4.78, 5) is 8.73. The first-order valence-electron chi connectivity index (χ1n) is 8.89. The molecule has 0 radical (unpaired) electrons. The molecule has 1 N–H and O–H groups in total. The summed E-state index contributed by atoms with van der Waals surface area (Å²) in [6, 6.07) is 11.5. The Morgan fingerprint density at radius 3 is 2.37 bits per heavy atom. The van der Waals surface area contributed by atoms with E-state index in [2.05, 4.69) is 20.1 Å². The minimum absolute atomic E-state index is 0.225. The van der Waals surface area contributed by atoms with Crippen LogP contribution >= 0.6 is 0 Å². The van der Waals surface area contributed by atoms with Crippen LogP contribution in [0, 0.1) is 11.6 Å². The van der Waals surface area contributed by atoms with Crippen LogP contribution in [0.25, 0.3) is 0 Å². The first-order valence-corrected chi connectivity index (χ1v) is 8.89. The Bertz CT molecular complexity index is 787. The van der Waals surface area contributed by atoms with Gasteiger partial charge in [0.1, 0.15) is 5.82 Å². The van der Waals surface area contributed by atoms with Crippen LogP contribution in [-0.2, 0) is 6.54 Å². The minimum atomic E-state index is -0.375. The number of nitrogens with zero attached hydrogens (tertiary/aromatic N) is 3. The lowest BCUT2D eigenvalue weighted by Crippen LogP contribution is -2.52. The molecule has 7 heteroatoms. The van der Waals surface area contributed by atoms with Crippen LogP contribution in [-0.4, -0.2) is 51.2 Å². The van der Waals surface area contributed by atoms with Crippen LogP contribution in [0.4, 0.5) is 14.5 Å². The van der Waals surface area contributed by atoms with Crippen LogP contribution in [0.1, 0.15) is 5.56 Å². The molecule has 0 spiro atoms. The monoisotopic (exact) mass is 374 g/mol. The zero-order chi connectivity index (χ0) is 19.2. The molecule has 144 valence electrons. The van der Waals surface area contributed by atoms with Crippen LogP contribution in [0.5, 0.6) is 5.75 Å². The molecule has 0 aliphatic carbocycles. The first kappa shape index (κ1) is 18.9. The molecule has 0 unspecified atom stereocenters. The summed E-state index contributed by atoms with van der Waals surface area (Å²) in [6.45, 7) is 3.72. The standard InChI is InChI=1S/C20H24F2N4O/c1-23-20(24-14-15-3-8-19(27-2)18(22)13-15)26-11-9-25(10-12-26)17-6-4-16(21)5-7-17/h3-8,13H,9-12,14H2,1-2H3,(H,23,24). The SMILES string of the molecule is CN=C(NCc1ccc(OC)c(F)c1)N1CCN(c2ccc(F)cc2)CC1. The second-order valence-electron chi connectivity index (χ2n) is 6.32. The summed E-state index contributed by atoms with van der Waals surface area (Å²) >= 11 is 0. The molecule has 0 bridgehead atoms. The van der Waals surface area contributed by atoms with Crippen molar-refractivity contribution in [3.63, 3.8) is 0 Å². The molecule has 3 rings (SSSR count). The van der Waals surface area contributed by atoms with Crippen molar-refractivity contribution < 1.29 is 13.5 Å². The Kier molecular flexibility index (Phi) is 6.11. The summed E-state index contributed by atoms with van der Waals surface area (Å²) in [5, 5.41) is 3.28. The van der Waals surface area contributed by atoms with Gasteiger partial charge in [0.05, 0.1) is 7.11 Å². The smallest absolute Gasteiger partial charge is 0.194 e. The van der Waals surface area contributed by atoms with E-state index in [-0.39, 0.29) is 17.4 Å². The van der Waals surface area contributed by atoms with Crippen molar-refractivity contribution in [1.29, 1.82) is 0 Å². The molecule has 0 amide bonds. The van der Waals surface area contributed by atoms with Gasteiger partial charge in [0, 0.05) is 45.5 Å². The van der Waals surface area contributed by atoms with E-state index in [0.29, 0.717) is 6.54 Å². The van der Waals surface area contributed by atoms with E-state index >= 15 is 0 Å². The molecule has 1 heterocycles. The quantitative estimate of drug-likeness (QED) is 0.660. The highest BCUT2D eigenvalue weighted by molar-refractivity contribution is 5.80.